The van der Waals surface area contributed by atoms with E-state index in [1.165, 1.54) is 34.5 Å². The molecule has 0 aromatic heterocycles. The Bertz CT molecular complexity index is 1040. The minimum atomic E-state index is -3.64. The molecule has 0 saturated carbocycles. The molecule has 0 spiro atoms. The van der Waals surface area contributed by atoms with Crippen molar-refractivity contribution in [1.82, 2.24) is 0 Å². The van der Waals surface area contributed by atoms with Crippen LogP contribution >= 0.6 is 0 Å². The lowest BCUT2D eigenvalue weighted by Gasteiger charge is -2.12. The Morgan fingerprint density at radius 1 is 0.933 bits per heavy atom. The van der Waals surface area contributed by atoms with E-state index in [2.05, 4.69) is 4.99 Å². The minimum absolute atomic E-state index is 0.160. The average molecular weight is 436 g/mol. The summed E-state index contributed by atoms with van der Waals surface area (Å²) in [6.07, 6.45) is 1.42. The maximum Gasteiger partial charge on any atom is 0.191 e. The molecule has 0 heterocycles. The highest BCUT2D eigenvalue weighted by Gasteiger charge is 2.14. The van der Waals surface area contributed by atoms with Crippen molar-refractivity contribution >= 4 is 27.6 Å². The van der Waals surface area contributed by atoms with E-state index < -0.39 is 9.84 Å². The largest absolute Gasteiger partial charge is 0.496 e. The number of hydrogen-bond acceptors (Lipinski definition) is 7. The summed E-state index contributed by atoms with van der Waals surface area (Å²) < 4.78 is 46.4. The van der Waals surface area contributed by atoms with Crippen LogP contribution in [0.15, 0.2) is 40.7 Å². The molecular weight excluding hydrogens is 410 g/mol. The summed E-state index contributed by atoms with van der Waals surface area (Å²) in [4.78, 5) is 3.97. The van der Waals surface area contributed by atoms with Crippen molar-refractivity contribution in [2.24, 2.45) is 16.5 Å². The molecule has 2 aromatic carbocycles. The monoisotopic (exact) mass is 435 g/mol. The van der Waals surface area contributed by atoms with Gasteiger partial charge in [-0.1, -0.05) is 6.07 Å². The van der Waals surface area contributed by atoms with Crippen LogP contribution in [0.4, 0.5) is 5.69 Å². The number of guanidine groups is 1. The molecule has 9 nitrogen and oxygen atoms in total. The van der Waals surface area contributed by atoms with E-state index in [9.17, 15) is 8.42 Å². The lowest BCUT2D eigenvalue weighted by molar-refractivity contribution is 0.374. The fraction of sp³-hybridized carbons (Fsp3) is 0.250. The Hall–Kier alpha value is -3.40. The van der Waals surface area contributed by atoms with Crippen molar-refractivity contribution < 1.29 is 27.4 Å². The second kappa shape index (κ2) is 9.88. The molecule has 0 amide bonds. The second-order valence-corrected chi connectivity index (χ2v) is 7.98. The van der Waals surface area contributed by atoms with Gasteiger partial charge in [-0.15, -0.1) is 0 Å². The molecule has 162 valence electrons. The third kappa shape index (κ3) is 5.80. The quantitative estimate of drug-likeness (QED) is 0.452. The molecule has 2 rings (SSSR count). The third-order valence-corrected chi connectivity index (χ3v) is 5.34. The topological polar surface area (TPSA) is 135 Å². The normalized spacial score (nSPS) is 11.2. The minimum Gasteiger partial charge on any atom is -0.496 e. The van der Waals surface area contributed by atoms with Gasteiger partial charge in [0.2, 0.25) is 0 Å². The van der Waals surface area contributed by atoms with Crippen molar-refractivity contribution in [3.8, 4) is 23.0 Å². The molecule has 0 fully saturated rings. The van der Waals surface area contributed by atoms with Crippen LogP contribution in [0.3, 0.4) is 0 Å². The van der Waals surface area contributed by atoms with Crippen LogP contribution in [0.1, 0.15) is 11.1 Å². The van der Waals surface area contributed by atoms with Crippen molar-refractivity contribution in [3.63, 3.8) is 0 Å². The maximum absolute atomic E-state index is 12.7. The van der Waals surface area contributed by atoms with Gasteiger partial charge in [0.05, 0.1) is 39.8 Å². The first-order valence-corrected chi connectivity index (χ1v) is 10.4. The first kappa shape index (κ1) is 22.9. The maximum atomic E-state index is 12.7. The number of benzene rings is 2. The smallest absolute Gasteiger partial charge is 0.191 e. The lowest BCUT2D eigenvalue weighted by atomic mass is 10.1. The predicted octanol–water partition coefficient (Wildman–Crippen LogP) is 2.21. The number of sulfone groups is 1. The number of rotatable bonds is 9. The van der Waals surface area contributed by atoms with Crippen LogP contribution in [-0.4, -0.2) is 42.8 Å². The summed E-state index contributed by atoms with van der Waals surface area (Å²) in [5.74, 6) is 1.35. The molecule has 0 aliphatic heterocycles. The van der Waals surface area contributed by atoms with Crippen molar-refractivity contribution in [2.75, 3.05) is 28.4 Å². The van der Waals surface area contributed by atoms with Gasteiger partial charge < -0.3 is 30.4 Å². The van der Waals surface area contributed by atoms with Crippen LogP contribution in [0.25, 0.3) is 6.08 Å². The van der Waals surface area contributed by atoms with Crippen LogP contribution in [0.2, 0.25) is 0 Å². The summed E-state index contributed by atoms with van der Waals surface area (Å²) in [6.45, 7) is 0. The summed E-state index contributed by atoms with van der Waals surface area (Å²) >= 11 is 0. The Morgan fingerprint density at radius 2 is 1.53 bits per heavy atom. The van der Waals surface area contributed by atoms with Crippen LogP contribution < -0.4 is 30.4 Å². The van der Waals surface area contributed by atoms with Gasteiger partial charge in [0.15, 0.2) is 15.8 Å². The predicted molar refractivity (Wildman–Crippen MR) is 116 cm³/mol. The van der Waals surface area contributed by atoms with Crippen LogP contribution in [0.5, 0.6) is 23.0 Å². The molecular formula is C20H25N3O6S. The summed E-state index contributed by atoms with van der Waals surface area (Å²) in [7, 11) is 2.29. The fourth-order valence-corrected chi connectivity index (χ4v) is 3.78. The molecule has 0 aliphatic rings. The Labute approximate surface area is 175 Å². The molecule has 0 saturated heterocycles. The van der Waals surface area contributed by atoms with Crippen molar-refractivity contribution in [3.05, 3.63) is 46.9 Å². The highest BCUT2D eigenvalue weighted by atomic mass is 32.2. The zero-order chi connectivity index (χ0) is 22.3. The van der Waals surface area contributed by atoms with E-state index >= 15 is 0 Å². The molecule has 4 N–H and O–H groups in total. The molecule has 30 heavy (non-hydrogen) atoms. The SMILES string of the molecule is COc1cc(OC)c(/C=C/S(=O)(=O)Cc2ccc(OC)c(N=C(N)N)c2)c(OC)c1. The van der Waals surface area contributed by atoms with Crippen LogP contribution in [0, 0.1) is 0 Å². The summed E-state index contributed by atoms with van der Waals surface area (Å²) in [5.41, 5.74) is 12.2. The second-order valence-electron chi connectivity index (χ2n) is 6.10. The fourth-order valence-electron chi connectivity index (χ4n) is 2.70. The number of aliphatic imine (C=N–C) groups is 1. The zero-order valence-electron chi connectivity index (χ0n) is 17.2. The van der Waals surface area contributed by atoms with E-state index in [1.807, 2.05) is 0 Å². The molecule has 10 heteroatoms. The van der Waals surface area contributed by atoms with Gasteiger partial charge in [-0.3, -0.25) is 0 Å². The van der Waals surface area contributed by atoms with Crippen molar-refractivity contribution in [2.45, 2.75) is 5.75 Å². The third-order valence-electron chi connectivity index (χ3n) is 4.06. The molecule has 0 unspecified atom stereocenters. The van der Waals surface area contributed by atoms with Gasteiger partial charge in [0.25, 0.3) is 0 Å². The van der Waals surface area contributed by atoms with Gasteiger partial charge in [0.1, 0.15) is 28.7 Å². The highest BCUT2D eigenvalue weighted by Crippen LogP contribution is 2.35. The highest BCUT2D eigenvalue weighted by molar-refractivity contribution is 7.93. The first-order chi connectivity index (χ1) is 14.2. The number of ether oxygens (including phenoxy) is 4. The van der Waals surface area contributed by atoms with Gasteiger partial charge in [-0.05, 0) is 23.8 Å². The molecule has 0 atom stereocenters. The van der Waals surface area contributed by atoms with E-state index in [4.69, 9.17) is 30.4 Å². The van der Waals surface area contributed by atoms with Gasteiger partial charge in [0, 0.05) is 17.5 Å². The Morgan fingerprint density at radius 3 is 2.03 bits per heavy atom. The van der Waals surface area contributed by atoms with Gasteiger partial charge in [-0.2, -0.15) is 0 Å². The van der Waals surface area contributed by atoms with E-state index in [0.29, 0.717) is 39.8 Å². The first-order valence-electron chi connectivity index (χ1n) is 8.70. The number of hydrogen-bond donors (Lipinski definition) is 2. The van der Waals surface area contributed by atoms with Crippen molar-refractivity contribution in [1.29, 1.82) is 0 Å². The van der Waals surface area contributed by atoms with E-state index in [1.54, 1.807) is 30.3 Å². The van der Waals surface area contributed by atoms with Gasteiger partial charge in [-0.25, -0.2) is 13.4 Å². The molecule has 2 aromatic rings. The summed E-state index contributed by atoms with van der Waals surface area (Å²) in [5, 5.41) is 1.10. The standard InChI is InChI=1S/C20H25N3O6S/c1-26-14-10-18(28-3)15(19(11-14)29-4)7-8-30(24,25)12-13-5-6-17(27-2)16(9-13)23-20(21)22/h5-11H,12H2,1-4H3,(H4,21,22,23)/b8-7+. The Kier molecular flexibility index (Phi) is 7.54. The summed E-state index contributed by atoms with van der Waals surface area (Å²) in [6, 6.07) is 8.06. The van der Waals surface area contributed by atoms with Gasteiger partial charge >= 0.3 is 0 Å². The average Bonchev–Trinajstić information content (AvgIpc) is 2.71. The van der Waals surface area contributed by atoms with Crippen LogP contribution in [-0.2, 0) is 15.6 Å². The van der Waals surface area contributed by atoms with E-state index in [-0.39, 0.29) is 11.7 Å². The lowest BCUT2D eigenvalue weighted by Crippen LogP contribution is -2.22. The molecule has 0 radical (unpaired) electrons. The number of nitrogens with two attached hydrogens (primary N) is 2. The molecule has 0 bridgehead atoms. The zero-order valence-corrected chi connectivity index (χ0v) is 18.0. The molecule has 0 aliphatic carbocycles. The Balaban J connectivity index is 2.36. The number of nitrogens with zero attached hydrogens (tertiary/aromatic N) is 1. The van der Waals surface area contributed by atoms with E-state index in [0.717, 1.165) is 5.41 Å². The number of methoxy groups -OCH3 is 4.